The summed E-state index contributed by atoms with van der Waals surface area (Å²) in [7, 11) is 0. The lowest BCUT2D eigenvalue weighted by Gasteiger charge is -2.23. The summed E-state index contributed by atoms with van der Waals surface area (Å²) in [5.41, 5.74) is 1.87. The van der Waals surface area contributed by atoms with E-state index < -0.39 is 5.41 Å². The van der Waals surface area contributed by atoms with E-state index in [1.54, 1.807) is 11.3 Å². The third kappa shape index (κ3) is 2.64. The third-order valence-electron chi connectivity index (χ3n) is 3.06. The van der Waals surface area contributed by atoms with Crippen LogP contribution < -0.4 is 0 Å². The van der Waals surface area contributed by atoms with E-state index >= 15 is 0 Å². The predicted molar refractivity (Wildman–Crippen MR) is 72.6 cm³/mol. The van der Waals surface area contributed by atoms with E-state index in [0.717, 1.165) is 18.3 Å². The highest BCUT2D eigenvalue weighted by molar-refractivity contribution is 7.09. The van der Waals surface area contributed by atoms with Gasteiger partial charge in [-0.15, -0.1) is 11.3 Å². The minimum Gasteiger partial charge on any atom is -0.302 e. The molecule has 0 fully saturated rings. The van der Waals surface area contributed by atoms with Gasteiger partial charge >= 0.3 is 0 Å². The fraction of sp³-hybridized carbons (Fsp3) is 0.267. The average molecular weight is 244 g/mol. The quantitative estimate of drug-likeness (QED) is 0.748. The number of carbonyl (C=O) groups excluding carboxylic acids is 1. The summed E-state index contributed by atoms with van der Waals surface area (Å²) in [6.07, 6.45) is 1.85. The molecule has 1 aromatic heterocycles. The van der Waals surface area contributed by atoms with Crippen molar-refractivity contribution < 1.29 is 4.79 Å². The van der Waals surface area contributed by atoms with E-state index in [-0.39, 0.29) is 0 Å². The van der Waals surface area contributed by atoms with Gasteiger partial charge in [0.15, 0.2) is 0 Å². The Balaban J connectivity index is 2.34. The largest absolute Gasteiger partial charge is 0.302 e. The van der Waals surface area contributed by atoms with Crippen molar-refractivity contribution in [2.24, 2.45) is 0 Å². The van der Waals surface area contributed by atoms with Crippen LogP contribution in [0, 0.1) is 6.92 Å². The number of benzene rings is 1. The van der Waals surface area contributed by atoms with Crippen molar-refractivity contribution in [2.75, 3.05) is 0 Å². The summed E-state index contributed by atoms with van der Waals surface area (Å²) < 4.78 is 0. The number of rotatable bonds is 4. The molecule has 2 rings (SSSR count). The molecule has 0 aliphatic carbocycles. The van der Waals surface area contributed by atoms with Gasteiger partial charge in [0.1, 0.15) is 6.29 Å². The lowest BCUT2D eigenvalue weighted by molar-refractivity contribution is -0.112. The second-order valence-corrected chi connectivity index (χ2v) is 5.69. The number of aldehydes is 1. The van der Waals surface area contributed by atoms with Crippen molar-refractivity contribution >= 4 is 17.6 Å². The fourth-order valence-corrected chi connectivity index (χ4v) is 2.86. The molecule has 0 bridgehead atoms. The van der Waals surface area contributed by atoms with Crippen molar-refractivity contribution in [1.29, 1.82) is 0 Å². The van der Waals surface area contributed by atoms with Gasteiger partial charge in [-0.25, -0.2) is 0 Å². The van der Waals surface area contributed by atoms with Gasteiger partial charge in [0.25, 0.3) is 0 Å². The zero-order chi connectivity index (χ0) is 12.3. The predicted octanol–water partition coefficient (Wildman–Crippen LogP) is 3.76. The molecule has 2 aromatic rings. The van der Waals surface area contributed by atoms with Gasteiger partial charge < -0.3 is 4.79 Å². The number of hydrogen-bond acceptors (Lipinski definition) is 2. The van der Waals surface area contributed by atoms with Gasteiger partial charge in [0, 0.05) is 4.88 Å². The molecule has 1 aromatic carbocycles. The molecule has 0 amide bonds. The Morgan fingerprint density at radius 3 is 2.71 bits per heavy atom. The standard InChI is InChI=1S/C15H16OS/c1-12-5-3-6-13(9-12)15(2,11-16)10-14-7-4-8-17-14/h3-9,11H,10H2,1-2H3. The van der Waals surface area contributed by atoms with Crippen LogP contribution in [0.5, 0.6) is 0 Å². The van der Waals surface area contributed by atoms with Crippen LogP contribution in [0.2, 0.25) is 0 Å². The lowest BCUT2D eigenvalue weighted by atomic mass is 9.80. The Bertz CT molecular complexity index is 501. The van der Waals surface area contributed by atoms with Gasteiger partial charge in [-0.05, 0) is 37.3 Å². The molecule has 0 radical (unpaired) electrons. The molecule has 1 heterocycles. The summed E-state index contributed by atoms with van der Waals surface area (Å²) in [6.45, 7) is 4.06. The van der Waals surface area contributed by atoms with Crippen molar-refractivity contribution in [3.8, 4) is 0 Å². The van der Waals surface area contributed by atoms with Crippen LogP contribution in [-0.4, -0.2) is 6.29 Å². The summed E-state index contributed by atoms with van der Waals surface area (Å²) in [4.78, 5) is 12.7. The average Bonchev–Trinajstić information content (AvgIpc) is 2.81. The van der Waals surface area contributed by atoms with Gasteiger partial charge in [-0.2, -0.15) is 0 Å². The minimum absolute atomic E-state index is 0.420. The highest BCUT2D eigenvalue weighted by Crippen LogP contribution is 2.28. The van der Waals surface area contributed by atoms with Crippen LogP contribution in [-0.2, 0) is 16.6 Å². The fourth-order valence-electron chi connectivity index (χ4n) is 1.99. The lowest BCUT2D eigenvalue weighted by Crippen LogP contribution is -2.26. The van der Waals surface area contributed by atoms with Crippen molar-refractivity contribution in [3.05, 3.63) is 57.8 Å². The maximum absolute atomic E-state index is 11.5. The molecular formula is C15H16OS. The first-order valence-electron chi connectivity index (χ1n) is 5.70. The number of thiophene rings is 1. The number of aryl methyl sites for hydroxylation is 1. The van der Waals surface area contributed by atoms with E-state index in [0.29, 0.717) is 0 Å². The first-order chi connectivity index (χ1) is 8.14. The van der Waals surface area contributed by atoms with Gasteiger partial charge in [0.2, 0.25) is 0 Å². The highest BCUT2D eigenvalue weighted by Gasteiger charge is 2.26. The van der Waals surface area contributed by atoms with E-state index in [4.69, 9.17) is 0 Å². The topological polar surface area (TPSA) is 17.1 Å². The summed E-state index contributed by atoms with van der Waals surface area (Å²) >= 11 is 1.71. The SMILES string of the molecule is Cc1cccc(C(C)(C=O)Cc2cccs2)c1. The molecule has 88 valence electrons. The normalized spacial score (nSPS) is 14.2. The Morgan fingerprint density at radius 2 is 2.12 bits per heavy atom. The summed E-state index contributed by atoms with van der Waals surface area (Å²) in [5.74, 6) is 0. The molecule has 2 heteroatoms. The summed E-state index contributed by atoms with van der Waals surface area (Å²) in [6, 6.07) is 12.3. The van der Waals surface area contributed by atoms with Gasteiger partial charge in [-0.1, -0.05) is 35.9 Å². The molecule has 1 atom stereocenters. The zero-order valence-corrected chi connectivity index (χ0v) is 11.0. The van der Waals surface area contributed by atoms with Crippen LogP contribution in [0.15, 0.2) is 41.8 Å². The van der Waals surface area contributed by atoms with E-state index in [1.807, 2.05) is 25.1 Å². The molecule has 0 aliphatic rings. The molecular weight excluding hydrogens is 228 g/mol. The molecule has 0 spiro atoms. The number of carbonyl (C=O) groups is 1. The Labute approximate surface area is 106 Å². The Kier molecular flexibility index (Phi) is 3.43. The minimum atomic E-state index is -0.420. The Morgan fingerprint density at radius 1 is 1.29 bits per heavy atom. The van der Waals surface area contributed by atoms with Crippen LogP contribution in [0.1, 0.15) is 22.9 Å². The molecule has 0 aliphatic heterocycles. The smallest absolute Gasteiger partial charge is 0.130 e. The van der Waals surface area contributed by atoms with Crippen LogP contribution in [0.25, 0.3) is 0 Å². The van der Waals surface area contributed by atoms with Gasteiger partial charge in [0.05, 0.1) is 5.41 Å². The van der Waals surface area contributed by atoms with Crippen molar-refractivity contribution in [1.82, 2.24) is 0 Å². The second-order valence-electron chi connectivity index (χ2n) is 4.66. The first kappa shape index (κ1) is 12.1. The Hall–Kier alpha value is -1.41. The maximum Gasteiger partial charge on any atom is 0.130 e. The van der Waals surface area contributed by atoms with Crippen LogP contribution in [0.3, 0.4) is 0 Å². The number of hydrogen-bond donors (Lipinski definition) is 0. The monoisotopic (exact) mass is 244 g/mol. The second kappa shape index (κ2) is 4.84. The van der Waals surface area contributed by atoms with E-state index in [2.05, 4.69) is 30.5 Å². The zero-order valence-electron chi connectivity index (χ0n) is 10.1. The van der Waals surface area contributed by atoms with Crippen molar-refractivity contribution in [3.63, 3.8) is 0 Å². The molecule has 0 N–H and O–H groups in total. The van der Waals surface area contributed by atoms with E-state index in [1.165, 1.54) is 10.4 Å². The third-order valence-corrected chi connectivity index (χ3v) is 3.94. The van der Waals surface area contributed by atoms with Crippen LogP contribution in [0.4, 0.5) is 0 Å². The molecule has 0 saturated carbocycles. The maximum atomic E-state index is 11.5. The molecule has 1 unspecified atom stereocenters. The van der Waals surface area contributed by atoms with Crippen LogP contribution >= 0.6 is 11.3 Å². The molecule has 17 heavy (non-hydrogen) atoms. The first-order valence-corrected chi connectivity index (χ1v) is 6.58. The van der Waals surface area contributed by atoms with Gasteiger partial charge in [-0.3, -0.25) is 0 Å². The molecule has 0 saturated heterocycles. The summed E-state index contributed by atoms with van der Waals surface area (Å²) in [5, 5.41) is 2.05. The highest BCUT2D eigenvalue weighted by atomic mass is 32.1. The molecule has 1 nitrogen and oxygen atoms in total. The van der Waals surface area contributed by atoms with E-state index in [9.17, 15) is 4.79 Å². The van der Waals surface area contributed by atoms with Crippen molar-refractivity contribution in [2.45, 2.75) is 25.7 Å².